The zero-order valence-electron chi connectivity index (χ0n) is 9.61. The Labute approximate surface area is 95.7 Å². The van der Waals surface area contributed by atoms with Crippen LogP contribution in [0.3, 0.4) is 0 Å². The first-order valence-electron chi connectivity index (χ1n) is 5.72. The van der Waals surface area contributed by atoms with Crippen molar-refractivity contribution in [1.82, 2.24) is 5.32 Å². The smallest absolute Gasteiger partial charge is 0.220 e. The van der Waals surface area contributed by atoms with Crippen molar-refractivity contribution in [3.05, 3.63) is 24.2 Å². The first-order chi connectivity index (χ1) is 7.74. The maximum absolute atomic E-state index is 11.3. The monoisotopic (exact) mass is 225 g/mol. The Balaban J connectivity index is 2.16. The van der Waals surface area contributed by atoms with E-state index in [1.165, 1.54) is 6.26 Å². The second-order valence-corrected chi connectivity index (χ2v) is 3.79. The van der Waals surface area contributed by atoms with Crippen LogP contribution in [0.2, 0.25) is 0 Å². The number of aliphatic hydroxyl groups excluding tert-OH is 1. The fourth-order valence-electron chi connectivity index (χ4n) is 1.42. The molecule has 1 aromatic heterocycles. The van der Waals surface area contributed by atoms with Crippen LogP contribution in [0, 0.1) is 0 Å². The SMILES string of the molecule is CCCCCC(=O)NCC(O)c1ccco1. The average Bonchev–Trinajstić information content (AvgIpc) is 2.79. The molecule has 0 aliphatic carbocycles. The van der Waals surface area contributed by atoms with Crippen molar-refractivity contribution in [2.24, 2.45) is 0 Å². The lowest BCUT2D eigenvalue weighted by atomic mass is 10.2. The van der Waals surface area contributed by atoms with Crippen LogP contribution in [0.4, 0.5) is 0 Å². The van der Waals surface area contributed by atoms with Crippen LogP contribution in [0.1, 0.15) is 44.5 Å². The van der Waals surface area contributed by atoms with Gasteiger partial charge in [0.2, 0.25) is 5.91 Å². The van der Waals surface area contributed by atoms with Gasteiger partial charge in [-0.15, -0.1) is 0 Å². The molecule has 1 rings (SSSR count). The summed E-state index contributed by atoms with van der Waals surface area (Å²) in [5.74, 6) is 0.466. The minimum Gasteiger partial charge on any atom is -0.467 e. The van der Waals surface area contributed by atoms with Gasteiger partial charge in [0.1, 0.15) is 11.9 Å². The number of amides is 1. The molecule has 0 spiro atoms. The Kier molecular flexibility index (Phi) is 5.64. The number of unbranched alkanes of at least 4 members (excludes halogenated alkanes) is 2. The predicted octanol–water partition coefficient (Wildman–Crippen LogP) is 2.01. The molecule has 1 amide bonds. The number of hydrogen-bond acceptors (Lipinski definition) is 3. The van der Waals surface area contributed by atoms with Gasteiger partial charge in [-0.25, -0.2) is 0 Å². The Morgan fingerprint density at radius 2 is 2.38 bits per heavy atom. The van der Waals surface area contributed by atoms with Crippen molar-refractivity contribution >= 4 is 5.91 Å². The second kappa shape index (κ2) is 7.06. The predicted molar refractivity (Wildman–Crippen MR) is 60.8 cm³/mol. The number of nitrogens with one attached hydrogen (secondary N) is 1. The third-order valence-corrected chi connectivity index (χ3v) is 2.37. The van der Waals surface area contributed by atoms with Crippen LogP contribution in [0.5, 0.6) is 0 Å². The van der Waals surface area contributed by atoms with Gasteiger partial charge in [-0.3, -0.25) is 4.79 Å². The van der Waals surface area contributed by atoms with Gasteiger partial charge in [-0.1, -0.05) is 19.8 Å². The molecule has 2 N–H and O–H groups in total. The maximum Gasteiger partial charge on any atom is 0.220 e. The Morgan fingerprint density at radius 1 is 1.56 bits per heavy atom. The molecule has 0 radical (unpaired) electrons. The minimum absolute atomic E-state index is 0.0148. The summed E-state index contributed by atoms with van der Waals surface area (Å²) in [6.07, 6.45) is 4.33. The van der Waals surface area contributed by atoms with Crippen LogP contribution in [0.25, 0.3) is 0 Å². The summed E-state index contributed by atoms with van der Waals surface area (Å²) in [6.45, 7) is 2.30. The molecule has 0 aliphatic rings. The van der Waals surface area contributed by atoms with E-state index >= 15 is 0 Å². The van der Waals surface area contributed by atoms with Crippen LogP contribution >= 0.6 is 0 Å². The van der Waals surface area contributed by atoms with Gasteiger partial charge in [0.05, 0.1) is 12.8 Å². The van der Waals surface area contributed by atoms with E-state index in [1.54, 1.807) is 12.1 Å². The lowest BCUT2D eigenvalue weighted by Crippen LogP contribution is -2.27. The van der Waals surface area contributed by atoms with Crippen molar-refractivity contribution in [2.45, 2.75) is 38.7 Å². The lowest BCUT2D eigenvalue weighted by Gasteiger charge is -2.09. The first kappa shape index (κ1) is 12.8. The minimum atomic E-state index is -0.759. The Morgan fingerprint density at radius 3 is 3.00 bits per heavy atom. The molecular weight excluding hydrogens is 206 g/mol. The van der Waals surface area contributed by atoms with E-state index in [9.17, 15) is 9.90 Å². The Hall–Kier alpha value is -1.29. The first-order valence-corrected chi connectivity index (χ1v) is 5.72. The van der Waals surface area contributed by atoms with Crippen molar-refractivity contribution < 1.29 is 14.3 Å². The van der Waals surface area contributed by atoms with Crippen LogP contribution in [0.15, 0.2) is 22.8 Å². The molecule has 0 saturated heterocycles. The summed E-state index contributed by atoms with van der Waals surface area (Å²) in [5.41, 5.74) is 0. The molecule has 4 heteroatoms. The van der Waals surface area contributed by atoms with Gasteiger partial charge in [0.15, 0.2) is 0 Å². The molecule has 16 heavy (non-hydrogen) atoms. The summed E-state index contributed by atoms with van der Waals surface area (Å²) >= 11 is 0. The molecular formula is C12H19NO3. The highest BCUT2D eigenvalue weighted by molar-refractivity contribution is 5.75. The van der Waals surface area contributed by atoms with E-state index in [0.29, 0.717) is 12.2 Å². The van der Waals surface area contributed by atoms with E-state index in [4.69, 9.17) is 4.42 Å². The Bertz CT molecular complexity index is 295. The topological polar surface area (TPSA) is 62.5 Å². The largest absolute Gasteiger partial charge is 0.467 e. The normalized spacial score (nSPS) is 12.4. The van der Waals surface area contributed by atoms with Crippen molar-refractivity contribution in [1.29, 1.82) is 0 Å². The average molecular weight is 225 g/mol. The summed E-state index contributed by atoms with van der Waals surface area (Å²) in [7, 11) is 0. The fourth-order valence-corrected chi connectivity index (χ4v) is 1.42. The molecule has 1 heterocycles. The highest BCUT2D eigenvalue weighted by Gasteiger charge is 2.11. The van der Waals surface area contributed by atoms with E-state index in [2.05, 4.69) is 12.2 Å². The van der Waals surface area contributed by atoms with Gasteiger partial charge < -0.3 is 14.8 Å². The van der Waals surface area contributed by atoms with Crippen molar-refractivity contribution in [3.63, 3.8) is 0 Å². The molecule has 0 saturated carbocycles. The maximum atomic E-state index is 11.3. The number of hydrogen-bond donors (Lipinski definition) is 2. The number of rotatable bonds is 7. The summed E-state index contributed by atoms with van der Waals surface area (Å²) in [5, 5.41) is 12.3. The molecule has 1 unspecified atom stereocenters. The third kappa shape index (κ3) is 4.49. The van der Waals surface area contributed by atoms with E-state index in [-0.39, 0.29) is 12.5 Å². The molecule has 90 valence electrons. The summed E-state index contributed by atoms with van der Waals surface area (Å²) in [6, 6.07) is 3.40. The number of carbonyl (C=O) groups excluding carboxylic acids is 1. The third-order valence-electron chi connectivity index (χ3n) is 2.37. The van der Waals surface area contributed by atoms with Gasteiger partial charge in [0, 0.05) is 6.42 Å². The molecule has 0 fully saturated rings. The molecule has 0 bridgehead atoms. The number of carbonyl (C=O) groups is 1. The number of aliphatic hydroxyl groups is 1. The van der Waals surface area contributed by atoms with Crippen LogP contribution < -0.4 is 5.32 Å². The summed E-state index contributed by atoms with van der Waals surface area (Å²) in [4.78, 5) is 11.3. The van der Waals surface area contributed by atoms with Crippen LogP contribution in [-0.4, -0.2) is 17.6 Å². The van der Waals surface area contributed by atoms with Crippen LogP contribution in [-0.2, 0) is 4.79 Å². The molecule has 0 aromatic carbocycles. The van der Waals surface area contributed by atoms with Gasteiger partial charge >= 0.3 is 0 Å². The highest BCUT2D eigenvalue weighted by Crippen LogP contribution is 2.11. The molecule has 1 aromatic rings. The summed E-state index contributed by atoms with van der Waals surface area (Å²) < 4.78 is 5.02. The second-order valence-electron chi connectivity index (χ2n) is 3.79. The zero-order valence-corrected chi connectivity index (χ0v) is 9.61. The number of furan rings is 1. The zero-order chi connectivity index (χ0) is 11.8. The quantitative estimate of drug-likeness (QED) is 0.698. The van der Waals surface area contributed by atoms with Crippen molar-refractivity contribution in [3.8, 4) is 0 Å². The highest BCUT2D eigenvalue weighted by atomic mass is 16.4. The van der Waals surface area contributed by atoms with Gasteiger partial charge in [-0.2, -0.15) is 0 Å². The standard InChI is InChI=1S/C12H19NO3/c1-2-3-4-7-12(15)13-9-10(14)11-6-5-8-16-11/h5-6,8,10,14H,2-4,7,9H2,1H3,(H,13,15). The van der Waals surface area contributed by atoms with Gasteiger partial charge in [-0.05, 0) is 18.6 Å². The van der Waals surface area contributed by atoms with E-state index < -0.39 is 6.10 Å². The van der Waals surface area contributed by atoms with Gasteiger partial charge in [0.25, 0.3) is 0 Å². The molecule has 1 atom stereocenters. The van der Waals surface area contributed by atoms with E-state index in [1.807, 2.05) is 0 Å². The molecule has 0 aliphatic heterocycles. The molecule has 4 nitrogen and oxygen atoms in total. The van der Waals surface area contributed by atoms with E-state index in [0.717, 1.165) is 19.3 Å². The van der Waals surface area contributed by atoms with Crippen molar-refractivity contribution in [2.75, 3.05) is 6.54 Å². The lowest BCUT2D eigenvalue weighted by molar-refractivity contribution is -0.121. The fraction of sp³-hybridized carbons (Fsp3) is 0.583.